The molecule has 1 aliphatic rings. The minimum Gasteiger partial charge on any atom is -0.470 e. The Hall–Kier alpha value is -3.38. The first-order chi connectivity index (χ1) is 15.6. The molecular formula is C26H29N3O3. The molecule has 1 atom stereocenters. The number of para-hydroxylation sites is 1. The van der Waals surface area contributed by atoms with Crippen LogP contribution in [-0.2, 0) is 11.3 Å². The van der Waals surface area contributed by atoms with Crippen molar-refractivity contribution in [1.29, 1.82) is 0 Å². The lowest BCUT2D eigenvalue weighted by atomic mass is 10.1. The summed E-state index contributed by atoms with van der Waals surface area (Å²) in [5.74, 6) is 0.426. The Morgan fingerprint density at radius 3 is 2.50 bits per heavy atom. The average molecular weight is 432 g/mol. The molecule has 6 heteroatoms. The van der Waals surface area contributed by atoms with Gasteiger partial charge in [0.25, 0.3) is 5.91 Å². The van der Waals surface area contributed by atoms with Crippen LogP contribution in [0.2, 0.25) is 0 Å². The van der Waals surface area contributed by atoms with Crippen LogP contribution in [0.15, 0.2) is 72.9 Å². The third-order valence-electron chi connectivity index (χ3n) is 5.65. The number of anilines is 1. The van der Waals surface area contributed by atoms with Gasteiger partial charge < -0.3 is 19.3 Å². The molecule has 0 spiro atoms. The highest BCUT2D eigenvalue weighted by atomic mass is 16.5. The van der Waals surface area contributed by atoms with E-state index in [9.17, 15) is 4.79 Å². The molecule has 3 aromatic rings. The van der Waals surface area contributed by atoms with Crippen LogP contribution in [-0.4, -0.2) is 49.1 Å². The van der Waals surface area contributed by atoms with Crippen LogP contribution < -0.4 is 9.64 Å². The van der Waals surface area contributed by atoms with Crippen molar-refractivity contribution in [3.05, 3.63) is 89.6 Å². The van der Waals surface area contributed by atoms with Crippen LogP contribution in [0.25, 0.3) is 0 Å². The summed E-state index contributed by atoms with van der Waals surface area (Å²) >= 11 is 0. The Bertz CT molecular complexity index is 1020. The van der Waals surface area contributed by atoms with E-state index >= 15 is 0 Å². The van der Waals surface area contributed by atoms with Gasteiger partial charge in [0.05, 0.1) is 18.8 Å². The van der Waals surface area contributed by atoms with E-state index in [0.717, 1.165) is 43.1 Å². The molecular weight excluding hydrogens is 402 g/mol. The lowest BCUT2D eigenvalue weighted by molar-refractivity contribution is 0.0784. The largest absolute Gasteiger partial charge is 0.470 e. The number of carbonyl (C=O) groups excluding carboxylic acids is 1. The summed E-state index contributed by atoms with van der Waals surface area (Å²) in [5.41, 5.74) is 3.89. The van der Waals surface area contributed by atoms with Crippen molar-refractivity contribution >= 4 is 11.6 Å². The van der Waals surface area contributed by atoms with E-state index in [1.165, 1.54) is 0 Å². The smallest absolute Gasteiger partial charge is 0.255 e. The number of aromatic nitrogens is 1. The second-order valence-corrected chi connectivity index (χ2v) is 7.95. The van der Waals surface area contributed by atoms with Gasteiger partial charge in [-0.2, -0.15) is 0 Å². The zero-order chi connectivity index (χ0) is 22.3. The van der Waals surface area contributed by atoms with Crippen molar-refractivity contribution in [2.75, 3.05) is 38.3 Å². The van der Waals surface area contributed by atoms with Gasteiger partial charge in [-0.1, -0.05) is 48.5 Å². The summed E-state index contributed by atoms with van der Waals surface area (Å²) in [4.78, 5) is 21.4. The van der Waals surface area contributed by atoms with Gasteiger partial charge in [0.2, 0.25) is 5.88 Å². The molecule has 1 amide bonds. The minimum absolute atomic E-state index is 0.0723. The second kappa shape index (κ2) is 10.3. The lowest BCUT2D eigenvalue weighted by Gasteiger charge is -2.31. The molecule has 0 radical (unpaired) electrons. The van der Waals surface area contributed by atoms with Gasteiger partial charge in [-0.05, 0) is 30.2 Å². The first kappa shape index (κ1) is 21.8. The molecule has 0 saturated carbocycles. The Morgan fingerprint density at radius 1 is 1.06 bits per heavy atom. The van der Waals surface area contributed by atoms with Crippen molar-refractivity contribution in [3.8, 4) is 5.88 Å². The molecule has 1 fully saturated rings. The fourth-order valence-corrected chi connectivity index (χ4v) is 3.85. The zero-order valence-corrected chi connectivity index (χ0v) is 18.6. The maximum atomic E-state index is 13.0. The number of nitrogens with zero attached hydrogens (tertiary/aromatic N) is 3. The maximum Gasteiger partial charge on any atom is 0.255 e. The molecule has 0 aliphatic carbocycles. The van der Waals surface area contributed by atoms with Crippen molar-refractivity contribution in [2.45, 2.75) is 19.6 Å². The van der Waals surface area contributed by atoms with Gasteiger partial charge in [0.15, 0.2) is 0 Å². The van der Waals surface area contributed by atoms with Crippen molar-refractivity contribution < 1.29 is 14.3 Å². The van der Waals surface area contributed by atoms with Crippen molar-refractivity contribution in [2.24, 2.45) is 0 Å². The van der Waals surface area contributed by atoms with Crippen LogP contribution in [0.5, 0.6) is 5.88 Å². The number of amides is 1. The summed E-state index contributed by atoms with van der Waals surface area (Å²) in [6, 6.07) is 21.7. The Labute approximate surface area is 189 Å². The van der Waals surface area contributed by atoms with Gasteiger partial charge in [0, 0.05) is 44.6 Å². The molecule has 166 valence electrons. The van der Waals surface area contributed by atoms with E-state index in [1.807, 2.05) is 56.4 Å². The van der Waals surface area contributed by atoms with E-state index in [4.69, 9.17) is 9.47 Å². The Kier molecular flexibility index (Phi) is 7.02. The van der Waals surface area contributed by atoms with Gasteiger partial charge in [-0.15, -0.1) is 0 Å². The van der Waals surface area contributed by atoms with Gasteiger partial charge in [-0.3, -0.25) is 4.79 Å². The van der Waals surface area contributed by atoms with Crippen LogP contribution >= 0.6 is 0 Å². The van der Waals surface area contributed by atoms with Crippen molar-refractivity contribution in [1.82, 2.24) is 9.88 Å². The molecule has 6 nitrogen and oxygen atoms in total. The van der Waals surface area contributed by atoms with Gasteiger partial charge in [0.1, 0.15) is 6.10 Å². The monoisotopic (exact) mass is 431 g/mol. The second-order valence-electron chi connectivity index (χ2n) is 7.95. The fraction of sp³-hybridized carbons (Fsp3) is 0.308. The normalized spacial score (nSPS) is 14.6. The Balaban J connectivity index is 1.40. The molecule has 1 aliphatic heterocycles. The number of hydrogen-bond donors (Lipinski definition) is 0. The molecule has 1 saturated heterocycles. The number of hydrogen-bond acceptors (Lipinski definition) is 5. The van der Waals surface area contributed by atoms with E-state index in [2.05, 4.69) is 22.0 Å². The van der Waals surface area contributed by atoms with Crippen LogP contribution in [0, 0.1) is 0 Å². The fourth-order valence-electron chi connectivity index (χ4n) is 3.85. The number of pyridine rings is 1. The SMILES string of the molecule is CC(Oc1ccc(C(=O)N(C)Cc2ccccc2N2CCOCC2)cn1)c1ccccc1. The Morgan fingerprint density at radius 2 is 1.78 bits per heavy atom. The number of rotatable bonds is 7. The molecule has 0 bridgehead atoms. The van der Waals surface area contributed by atoms with E-state index in [1.54, 1.807) is 23.2 Å². The molecule has 2 heterocycles. The molecule has 32 heavy (non-hydrogen) atoms. The maximum absolute atomic E-state index is 13.0. The predicted molar refractivity (Wildman–Crippen MR) is 125 cm³/mol. The number of morpholine rings is 1. The van der Waals surface area contributed by atoms with E-state index < -0.39 is 0 Å². The number of ether oxygens (including phenoxy) is 2. The summed E-state index contributed by atoms with van der Waals surface area (Å²) in [5, 5.41) is 0. The third-order valence-corrected chi connectivity index (χ3v) is 5.65. The minimum atomic E-state index is -0.121. The summed E-state index contributed by atoms with van der Waals surface area (Å²) in [7, 11) is 1.82. The molecule has 4 rings (SSSR count). The first-order valence-corrected chi connectivity index (χ1v) is 11.0. The topological polar surface area (TPSA) is 54.9 Å². The number of carbonyl (C=O) groups is 1. The van der Waals surface area contributed by atoms with Crippen molar-refractivity contribution in [3.63, 3.8) is 0 Å². The summed E-state index contributed by atoms with van der Waals surface area (Å²) < 4.78 is 11.4. The summed E-state index contributed by atoms with van der Waals surface area (Å²) in [6.07, 6.45) is 1.46. The van der Waals surface area contributed by atoms with Gasteiger partial charge in [-0.25, -0.2) is 4.98 Å². The van der Waals surface area contributed by atoms with E-state index in [0.29, 0.717) is 18.0 Å². The predicted octanol–water partition coefficient (Wildman–Crippen LogP) is 4.33. The zero-order valence-electron chi connectivity index (χ0n) is 18.6. The summed E-state index contributed by atoms with van der Waals surface area (Å²) in [6.45, 7) is 5.69. The molecule has 1 aromatic heterocycles. The molecule has 1 unspecified atom stereocenters. The third kappa shape index (κ3) is 5.26. The molecule has 2 aromatic carbocycles. The number of benzene rings is 2. The van der Waals surface area contributed by atoms with Gasteiger partial charge >= 0.3 is 0 Å². The average Bonchev–Trinajstić information content (AvgIpc) is 2.85. The van der Waals surface area contributed by atoms with Crippen LogP contribution in [0.4, 0.5) is 5.69 Å². The standard InChI is InChI=1S/C26H29N3O3/c1-20(21-8-4-3-5-9-21)32-25-13-12-22(18-27-25)26(30)28(2)19-23-10-6-7-11-24(23)29-14-16-31-17-15-29/h3-13,18,20H,14-17,19H2,1-2H3. The van der Waals surface area contributed by atoms with Crippen LogP contribution in [0.3, 0.4) is 0 Å². The highest BCUT2D eigenvalue weighted by molar-refractivity contribution is 5.93. The van der Waals surface area contributed by atoms with Crippen LogP contribution in [0.1, 0.15) is 34.5 Å². The highest BCUT2D eigenvalue weighted by Crippen LogP contribution is 2.24. The first-order valence-electron chi connectivity index (χ1n) is 11.0. The molecule has 0 N–H and O–H groups in total. The highest BCUT2D eigenvalue weighted by Gasteiger charge is 2.18. The lowest BCUT2D eigenvalue weighted by Crippen LogP contribution is -2.37. The quantitative estimate of drug-likeness (QED) is 0.557. The van der Waals surface area contributed by atoms with E-state index in [-0.39, 0.29) is 12.0 Å².